The molecule has 5 fully saturated rings. The van der Waals surface area contributed by atoms with Gasteiger partial charge in [-0.05, 0) is 115 Å². The SMILES string of the molecule is CC(C)(C)OC(=O)CO[C@H]1CC[C@]2(C)[C@H]3CC[C@@]4(C)[C@@H](CCCN4C(=O)C4CCCCC4)[C@@H]3CC[C@@]2(O)C1. The highest BCUT2D eigenvalue weighted by atomic mass is 16.6. The van der Waals surface area contributed by atoms with Gasteiger partial charge in [-0.1, -0.05) is 26.2 Å². The summed E-state index contributed by atoms with van der Waals surface area (Å²) in [7, 11) is 0. The number of likely N-dealkylation sites (tertiary alicyclic amines) is 1. The van der Waals surface area contributed by atoms with Gasteiger partial charge in [0.1, 0.15) is 12.2 Å². The molecule has 1 saturated heterocycles. The van der Waals surface area contributed by atoms with Gasteiger partial charge < -0.3 is 19.5 Å². The summed E-state index contributed by atoms with van der Waals surface area (Å²) >= 11 is 0. The molecule has 6 heteroatoms. The lowest BCUT2D eigenvalue weighted by Gasteiger charge is -2.66. The second-order valence-corrected chi connectivity index (χ2v) is 15.0. The molecule has 5 aliphatic rings. The van der Waals surface area contributed by atoms with Crippen LogP contribution in [0.15, 0.2) is 0 Å². The van der Waals surface area contributed by atoms with Gasteiger partial charge in [-0.15, -0.1) is 0 Å². The lowest BCUT2D eigenvalue weighted by molar-refractivity contribution is -0.231. The number of carbonyl (C=O) groups is 2. The summed E-state index contributed by atoms with van der Waals surface area (Å²) in [6.45, 7) is 11.2. The van der Waals surface area contributed by atoms with E-state index in [1.165, 1.54) is 25.7 Å². The van der Waals surface area contributed by atoms with Gasteiger partial charge in [-0.25, -0.2) is 4.79 Å². The van der Waals surface area contributed by atoms with Crippen LogP contribution in [0.4, 0.5) is 0 Å². The van der Waals surface area contributed by atoms with Gasteiger partial charge >= 0.3 is 5.97 Å². The number of aliphatic hydroxyl groups is 1. The van der Waals surface area contributed by atoms with Crippen molar-refractivity contribution in [3.05, 3.63) is 0 Å². The molecule has 7 atom stereocenters. The summed E-state index contributed by atoms with van der Waals surface area (Å²) in [6, 6.07) is 0. The van der Waals surface area contributed by atoms with Crippen LogP contribution in [0.5, 0.6) is 0 Å². The van der Waals surface area contributed by atoms with Crippen LogP contribution in [-0.4, -0.2) is 57.9 Å². The quantitative estimate of drug-likeness (QED) is 0.448. The Bertz CT molecular complexity index is 893. The predicted molar refractivity (Wildman–Crippen MR) is 147 cm³/mol. The molecule has 38 heavy (non-hydrogen) atoms. The summed E-state index contributed by atoms with van der Waals surface area (Å²) in [6.07, 6.45) is 14.4. The van der Waals surface area contributed by atoms with E-state index in [2.05, 4.69) is 18.7 Å². The van der Waals surface area contributed by atoms with Crippen LogP contribution in [0.3, 0.4) is 0 Å². The van der Waals surface area contributed by atoms with Gasteiger partial charge in [0.05, 0.1) is 11.7 Å². The van der Waals surface area contributed by atoms with Crippen molar-refractivity contribution in [2.75, 3.05) is 13.2 Å². The highest BCUT2D eigenvalue weighted by molar-refractivity contribution is 5.80. The average molecular weight is 532 g/mol. The standard InChI is InChI=1S/C32H53NO5/c1-29(2,3)38-27(34)21-37-23-13-16-30(4)25-15-17-31(5)26(24(25)14-18-32(30,36)20-23)12-9-19-33(31)28(35)22-10-7-6-8-11-22/h22-26,36H,6-21H2,1-5H3/t23-,24+,25-,26-,30+,31-,32+/m0/s1. The molecule has 0 radical (unpaired) electrons. The number of amides is 1. The van der Waals surface area contributed by atoms with Gasteiger partial charge in [0, 0.05) is 24.4 Å². The van der Waals surface area contributed by atoms with Gasteiger partial charge in [0.2, 0.25) is 5.91 Å². The zero-order valence-electron chi connectivity index (χ0n) is 24.7. The first-order valence-corrected chi connectivity index (χ1v) is 15.7. The van der Waals surface area contributed by atoms with Crippen molar-refractivity contribution >= 4 is 11.9 Å². The Kier molecular flexibility index (Phi) is 7.74. The maximum absolute atomic E-state index is 13.8. The number of rotatable bonds is 4. The topological polar surface area (TPSA) is 76.1 Å². The molecule has 0 unspecified atom stereocenters. The van der Waals surface area contributed by atoms with Gasteiger partial charge in [-0.2, -0.15) is 0 Å². The van der Waals surface area contributed by atoms with Crippen molar-refractivity contribution in [3.63, 3.8) is 0 Å². The Morgan fingerprint density at radius 3 is 2.34 bits per heavy atom. The molecule has 1 aliphatic heterocycles. The van der Waals surface area contributed by atoms with Crippen LogP contribution in [0, 0.1) is 29.1 Å². The van der Waals surface area contributed by atoms with E-state index in [1.807, 2.05) is 20.8 Å². The number of hydrogen-bond donors (Lipinski definition) is 1. The zero-order valence-corrected chi connectivity index (χ0v) is 24.7. The van der Waals surface area contributed by atoms with E-state index >= 15 is 0 Å². The van der Waals surface area contributed by atoms with Gasteiger partial charge in [-0.3, -0.25) is 4.79 Å². The van der Waals surface area contributed by atoms with Crippen molar-refractivity contribution in [2.24, 2.45) is 29.1 Å². The Morgan fingerprint density at radius 2 is 1.63 bits per heavy atom. The molecule has 1 heterocycles. The summed E-state index contributed by atoms with van der Waals surface area (Å²) in [4.78, 5) is 28.3. The number of piperidine rings is 1. The second-order valence-electron chi connectivity index (χ2n) is 15.0. The van der Waals surface area contributed by atoms with Crippen molar-refractivity contribution in [3.8, 4) is 0 Å². The first kappa shape index (κ1) is 28.4. The van der Waals surface area contributed by atoms with Crippen LogP contribution in [0.1, 0.15) is 125 Å². The lowest BCUT2D eigenvalue weighted by Crippen LogP contribution is -2.68. The van der Waals surface area contributed by atoms with E-state index in [9.17, 15) is 14.7 Å². The molecule has 1 amide bonds. The Morgan fingerprint density at radius 1 is 0.895 bits per heavy atom. The fourth-order valence-electron chi connectivity index (χ4n) is 9.73. The maximum Gasteiger partial charge on any atom is 0.332 e. The number of carbonyl (C=O) groups excluding carboxylic acids is 2. The molecule has 0 aromatic heterocycles. The van der Waals surface area contributed by atoms with Crippen LogP contribution >= 0.6 is 0 Å². The zero-order chi connectivity index (χ0) is 27.3. The molecule has 1 N–H and O–H groups in total. The predicted octanol–water partition coefficient (Wildman–Crippen LogP) is 6.03. The number of esters is 1. The fraction of sp³-hybridized carbons (Fsp3) is 0.938. The molecular formula is C32H53NO5. The summed E-state index contributed by atoms with van der Waals surface area (Å²) in [5.41, 5.74) is -1.45. The molecule has 216 valence electrons. The normalized spacial score (nSPS) is 42.0. The van der Waals surface area contributed by atoms with Crippen molar-refractivity contribution in [1.29, 1.82) is 0 Å². The molecule has 0 bridgehead atoms. The van der Waals surface area contributed by atoms with Crippen LogP contribution in [-0.2, 0) is 19.1 Å². The number of nitrogens with zero attached hydrogens (tertiary/aromatic N) is 1. The summed E-state index contributed by atoms with van der Waals surface area (Å²) in [5, 5.41) is 12.1. The van der Waals surface area contributed by atoms with Gasteiger partial charge in [0.15, 0.2) is 0 Å². The van der Waals surface area contributed by atoms with Crippen molar-refractivity contribution in [2.45, 2.75) is 147 Å². The van der Waals surface area contributed by atoms with Crippen molar-refractivity contribution in [1.82, 2.24) is 4.90 Å². The van der Waals surface area contributed by atoms with E-state index < -0.39 is 11.2 Å². The Labute approximate surface area is 230 Å². The van der Waals surface area contributed by atoms with E-state index in [0.29, 0.717) is 30.1 Å². The number of ether oxygens (including phenoxy) is 2. The monoisotopic (exact) mass is 531 g/mol. The molecule has 0 aromatic carbocycles. The number of hydrogen-bond acceptors (Lipinski definition) is 5. The summed E-state index contributed by atoms with van der Waals surface area (Å²) in [5.74, 6) is 1.93. The van der Waals surface area contributed by atoms with Crippen LogP contribution < -0.4 is 0 Å². The Balaban J connectivity index is 1.27. The minimum Gasteiger partial charge on any atom is -0.458 e. The molecule has 0 aromatic rings. The third-order valence-corrected chi connectivity index (χ3v) is 11.7. The Hall–Kier alpha value is -1.14. The third-order valence-electron chi connectivity index (χ3n) is 11.7. The van der Waals surface area contributed by atoms with Crippen LogP contribution in [0.2, 0.25) is 0 Å². The van der Waals surface area contributed by atoms with E-state index in [1.54, 1.807) is 0 Å². The summed E-state index contributed by atoms with van der Waals surface area (Å²) < 4.78 is 11.4. The number of fused-ring (bicyclic) bond motifs is 5. The molecule has 5 rings (SSSR count). The van der Waals surface area contributed by atoms with Gasteiger partial charge in [0.25, 0.3) is 0 Å². The molecular weight excluding hydrogens is 478 g/mol. The fourth-order valence-corrected chi connectivity index (χ4v) is 9.73. The molecule has 6 nitrogen and oxygen atoms in total. The lowest BCUT2D eigenvalue weighted by atomic mass is 9.43. The maximum atomic E-state index is 13.8. The highest BCUT2D eigenvalue weighted by Gasteiger charge is 2.64. The third kappa shape index (κ3) is 5.06. The minimum absolute atomic E-state index is 0.0342. The first-order valence-electron chi connectivity index (χ1n) is 15.7. The molecule has 0 spiro atoms. The highest BCUT2D eigenvalue weighted by Crippen LogP contribution is 2.65. The molecule has 4 saturated carbocycles. The van der Waals surface area contributed by atoms with Crippen molar-refractivity contribution < 1.29 is 24.2 Å². The first-order chi connectivity index (χ1) is 17.9. The second kappa shape index (κ2) is 10.4. The van der Waals surface area contributed by atoms with E-state index in [0.717, 1.165) is 64.3 Å². The van der Waals surface area contributed by atoms with E-state index in [4.69, 9.17) is 9.47 Å². The molecule has 4 aliphatic carbocycles. The minimum atomic E-state index is -0.759. The van der Waals surface area contributed by atoms with Crippen LogP contribution in [0.25, 0.3) is 0 Å². The average Bonchev–Trinajstić information content (AvgIpc) is 2.86. The largest absolute Gasteiger partial charge is 0.458 e. The smallest absolute Gasteiger partial charge is 0.332 e. The van der Waals surface area contributed by atoms with E-state index in [-0.39, 0.29) is 35.6 Å².